The molecule has 0 fully saturated rings. The zero-order chi connectivity index (χ0) is 13.8. The molecule has 2 unspecified atom stereocenters. The lowest BCUT2D eigenvalue weighted by Crippen LogP contribution is -2.24. The number of aromatic amines is 1. The lowest BCUT2D eigenvalue weighted by atomic mass is 10.1. The first kappa shape index (κ1) is 13.2. The second-order valence-corrected chi connectivity index (χ2v) is 4.30. The zero-order valence-electron chi connectivity index (χ0n) is 10.7. The first-order chi connectivity index (χ1) is 9.09. The lowest BCUT2D eigenvalue weighted by molar-refractivity contribution is -0.385. The van der Waals surface area contributed by atoms with E-state index in [1.165, 1.54) is 12.4 Å². The summed E-state index contributed by atoms with van der Waals surface area (Å²) in [5, 5.41) is 20.8. The van der Waals surface area contributed by atoms with Crippen LogP contribution in [0.5, 0.6) is 0 Å². The van der Waals surface area contributed by atoms with Gasteiger partial charge in [-0.2, -0.15) is 5.10 Å². The molecular weight excluding hydrogens is 246 g/mol. The molecule has 7 nitrogen and oxygen atoms in total. The summed E-state index contributed by atoms with van der Waals surface area (Å²) in [5.41, 5.74) is 0.770. The summed E-state index contributed by atoms with van der Waals surface area (Å²) in [5.74, 6) is 0.699. The summed E-state index contributed by atoms with van der Waals surface area (Å²) >= 11 is 0. The van der Waals surface area contributed by atoms with Crippen LogP contribution >= 0.6 is 0 Å². The molecule has 1 heterocycles. The van der Waals surface area contributed by atoms with Crippen molar-refractivity contribution < 1.29 is 4.92 Å². The summed E-state index contributed by atoms with van der Waals surface area (Å²) in [4.78, 5) is 14.7. The van der Waals surface area contributed by atoms with E-state index in [4.69, 9.17) is 0 Å². The monoisotopic (exact) mass is 261 g/mol. The molecule has 0 radical (unpaired) electrons. The number of rotatable bonds is 5. The number of nitrogens with zero attached hydrogens (tertiary/aromatic N) is 3. The van der Waals surface area contributed by atoms with E-state index in [0.717, 1.165) is 0 Å². The molecule has 0 aliphatic heterocycles. The van der Waals surface area contributed by atoms with Crippen molar-refractivity contribution in [1.29, 1.82) is 0 Å². The number of hydrogen-bond donors (Lipinski definition) is 2. The highest BCUT2D eigenvalue weighted by molar-refractivity contribution is 5.41. The Morgan fingerprint density at radius 3 is 2.68 bits per heavy atom. The van der Waals surface area contributed by atoms with Crippen molar-refractivity contribution in [2.75, 3.05) is 0 Å². The lowest BCUT2D eigenvalue weighted by Gasteiger charge is -2.18. The Morgan fingerprint density at radius 2 is 2.05 bits per heavy atom. The van der Waals surface area contributed by atoms with Gasteiger partial charge < -0.3 is 5.32 Å². The van der Waals surface area contributed by atoms with Crippen molar-refractivity contribution >= 4 is 5.69 Å². The van der Waals surface area contributed by atoms with E-state index < -0.39 is 0 Å². The Bertz CT molecular complexity index is 555. The van der Waals surface area contributed by atoms with Crippen LogP contribution in [0.15, 0.2) is 30.6 Å². The molecule has 7 heteroatoms. The Kier molecular flexibility index (Phi) is 3.86. The normalized spacial score (nSPS) is 14.0. The van der Waals surface area contributed by atoms with Crippen LogP contribution in [0.1, 0.15) is 37.3 Å². The second kappa shape index (κ2) is 5.57. The van der Waals surface area contributed by atoms with Crippen LogP contribution in [-0.2, 0) is 0 Å². The minimum atomic E-state index is -0.368. The van der Waals surface area contributed by atoms with Crippen molar-refractivity contribution in [3.8, 4) is 0 Å². The number of nitro benzene ring substituents is 1. The molecule has 0 aliphatic rings. The Balaban J connectivity index is 2.16. The number of nitrogens with one attached hydrogen (secondary N) is 2. The summed E-state index contributed by atoms with van der Waals surface area (Å²) < 4.78 is 0. The molecule has 0 spiro atoms. The minimum absolute atomic E-state index is 0.0719. The summed E-state index contributed by atoms with van der Waals surface area (Å²) in [7, 11) is 0. The predicted molar refractivity (Wildman–Crippen MR) is 69.4 cm³/mol. The summed E-state index contributed by atoms with van der Waals surface area (Å²) in [6.07, 6.45) is 1.43. The third-order valence-electron chi connectivity index (χ3n) is 2.94. The Morgan fingerprint density at radius 1 is 1.32 bits per heavy atom. The molecule has 2 N–H and O–H groups in total. The number of aromatic nitrogens is 3. The quantitative estimate of drug-likeness (QED) is 0.634. The van der Waals surface area contributed by atoms with Crippen molar-refractivity contribution in [3.05, 3.63) is 52.1 Å². The highest BCUT2D eigenvalue weighted by Gasteiger charge is 2.20. The third-order valence-corrected chi connectivity index (χ3v) is 2.94. The topological polar surface area (TPSA) is 96.7 Å². The van der Waals surface area contributed by atoms with Crippen LogP contribution in [0.4, 0.5) is 5.69 Å². The van der Waals surface area contributed by atoms with Crippen molar-refractivity contribution in [2.45, 2.75) is 25.9 Å². The van der Waals surface area contributed by atoms with E-state index >= 15 is 0 Å². The highest BCUT2D eigenvalue weighted by Crippen LogP contribution is 2.26. The van der Waals surface area contributed by atoms with Gasteiger partial charge in [-0.3, -0.25) is 15.2 Å². The average molecular weight is 261 g/mol. The van der Waals surface area contributed by atoms with Crippen LogP contribution in [0.2, 0.25) is 0 Å². The number of para-hydroxylation sites is 1. The van der Waals surface area contributed by atoms with E-state index in [9.17, 15) is 10.1 Å². The minimum Gasteiger partial charge on any atom is -0.301 e. The molecule has 0 saturated heterocycles. The van der Waals surface area contributed by atoms with Gasteiger partial charge in [-0.25, -0.2) is 4.98 Å². The molecule has 2 atom stereocenters. The smallest absolute Gasteiger partial charge is 0.274 e. The van der Waals surface area contributed by atoms with E-state index in [-0.39, 0.29) is 22.7 Å². The molecule has 0 bridgehead atoms. The van der Waals surface area contributed by atoms with Gasteiger partial charge in [-0.15, -0.1) is 0 Å². The number of nitro groups is 1. The maximum Gasteiger partial charge on any atom is 0.274 e. The largest absolute Gasteiger partial charge is 0.301 e. The van der Waals surface area contributed by atoms with Gasteiger partial charge in [0.25, 0.3) is 5.69 Å². The van der Waals surface area contributed by atoms with Gasteiger partial charge in [0.05, 0.1) is 11.0 Å². The van der Waals surface area contributed by atoms with Gasteiger partial charge in [0.1, 0.15) is 12.2 Å². The molecule has 1 aromatic heterocycles. The zero-order valence-corrected chi connectivity index (χ0v) is 10.7. The van der Waals surface area contributed by atoms with Crippen LogP contribution in [0.25, 0.3) is 0 Å². The van der Waals surface area contributed by atoms with Gasteiger partial charge in [-0.1, -0.05) is 18.2 Å². The van der Waals surface area contributed by atoms with Crippen molar-refractivity contribution in [1.82, 2.24) is 20.5 Å². The predicted octanol–water partition coefficient (Wildman–Crippen LogP) is 2.12. The van der Waals surface area contributed by atoms with E-state index in [1.807, 2.05) is 13.8 Å². The molecular formula is C12H15N5O2. The summed E-state index contributed by atoms with van der Waals surface area (Å²) in [6.45, 7) is 3.81. The van der Waals surface area contributed by atoms with Crippen LogP contribution in [-0.4, -0.2) is 20.1 Å². The van der Waals surface area contributed by atoms with Crippen LogP contribution < -0.4 is 5.32 Å². The molecule has 0 amide bonds. The van der Waals surface area contributed by atoms with E-state index in [1.54, 1.807) is 18.2 Å². The van der Waals surface area contributed by atoms with Crippen LogP contribution in [0.3, 0.4) is 0 Å². The van der Waals surface area contributed by atoms with Gasteiger partial charge in [0.15, 0.2) is 0 Å². The fourth-order valence-electron chi connectivity index (χ4n) is 1.99. The van der Waals surface area contributed by atoms with Gasteiger partial charge in [0.2, 0.25) is 0 Å². The first-order valence-corrected chi connectivity index (χ1v) is 5.94. The Labute approximate surface area is 110 Å². The third kappa shape index (κ3) is 2.94. The maximum atomic E-state index is 11.0. The molecule has 100 valence electrons. The fourth-order valence-corrected chi connectivity index (χ4v) is 1.99. The highest BCUT2D eigenvalue weighted by atomic mass is 16.6. The van der Waals surface area contributed by atoms with Gasteiger partial charge in [-0.05, 0) is 13.8 Å². The van der Waals surface area contributed by atoms with Crippen LogP contribution in [0, 0.1) is 10.1 Å². The molecule has 0 aliphatic carbocycles. The van der Waals surface area contributed by atoms with E-state index in [2.05, 4.69) is 20.5 Å². The molecule has 0 saturated carbocycles. The average Bonchev–Trinajstić information content (AvgIpc) is 2.92. The molecule has 2 aromatic rings. The fraction of sp³-hybridized carbons (Fsp3) is 0.333. The first-order valence-electron chi connectivity index (χ1n) is 5.94. The number of hydrogen-bond acceptors (Lipinski definition) is 5. The van der Waals surface area contributed by atoms with Crippen molar-refractivity contribution in [2.24, 2.45) is 0 Å². The molecule has 19 heavy (non-hydrogen) atoms. The second-order valence-electron chi connectivity index (χ2n) is 4.30. The number of benzene rings is 1. The van der Waals surface area contributed by atoms with Crippen molar-refractivity contribution in [3.63, 3.8) is 0 Å². The number of H-pyrrole nitrogens is 1. The van der Waals surface area contributed by atoms with Gasteiger partial charge in [0, 0.05) is 17.7 Å². The maximum absolute atomic E-state index is 11.0. The molecule has 1 aromatic carbocycles. The summed E-state index contributed by atoms with van der Waals surface area (Å²) in [6, 6.07) is 6.47. The van der Waals surface area contributed by atoms with Gasteiger partial charge >= 0.3 is 0 Å². The standard InChI is InChI=1S/C12H15N5O2/c1-8(15-9(2)12-13-7-14-16-12)10-5-3-4-6-11(10)17(18)19/h3-9,15H,1-2H3,(H,13,14,16). The SMILES string of the molecule is CC(NC(C)c1ccccc1[N+](=O)[O-])c1ncn[nH]1. The molecule has 2 rings (SSSR count). The van der Waals surface area contributed by atoms with E-state index in [0.29, 0.717) is 11.4 Å². The Hall–Kier alpha value is -2.28.